The molecule has 1 aromatic heterocycles. The number of benzene rings is 2. The second kappa shape index (κ2) is 6.23. The summed E-state index contributed by atoms with van der Waals surface area (Å²) in [5, 5.41) is 0. The number of hydrogen-bond acceptors (Lipinski definition) is 3. The molecule has 0 saturated heterocycles. The largest absolute Gasteiger partial charge is 0.454 e. The molecule has 0 spiro atoms. The van der Waals surface area contributed by atoms with Crippen LogP contribution in [-0.4, -0.2) is 4.98 Å². The smallest absolute Gasteiger partial charge is 0.215 e. The van der Waals surface area contributed by atoms with Crippen LogP contribution in [0.2, 0.25) is 0 Å². The molecule has 2 aromatic carbocycles. The Labute approximate surface area is 136 Å². The predicted molar refractivity (Wildman–Crippen MR) is 85.2 cm³/mol. The Bertz CT molecular complexity index is 913. The molecule has 0 aliphatic rings. The summed E-state index contributed by atoms with van der Waals surface area (Å²) in [6.45, 7) is 1.58. The van der Waals surface area contributed by atoms with Crippen LogP contribution in [0.25, 0.3) is 11.1 Å². The molecule has 0 aliphatic heterocycles. The molecule has 3 rings (SSSR count). The van der Waals surface area contributed by atoms with Crippen LogP contribution in [0.3, 0.4) is 0 Å². The normalized spacial score (nSPS) is 10.7. The lowest BCUT2D eigenvalue weighted by molar-refractivity contribution is 0.439. The van der Waals surface area contributed by atoms with Crippen LogP contribution in [0, 0.1) is 24.5 Å². The highest BCUT2D eigenvalue weighted by atomic mass is 19.1. The summed E-state index contributed by atoms with van der Waals surface area (Å²) < 4.78 is 45.8. The van der Waals surface area contributed by atoms with Crippen molar-refractivity contribution >= 4 is 5.69 Å². The highest BCUT2D eigenvalue weighted by molar-refractivity contribution is 5.74. The zero-order valence-electron chi connectivity index (χ0n) is 12.7. The topological polar surface area (TPSA) is 48.1 Å². The lowest BCUT2D eigenvalue weighted by Gasteiger charge is -2.13. The van der Waals surface area contributed by atoms with E-state index in [4.69, 9.17) is 10.5 Å². The number of aromatic nitrogens is 1. The van der Waals surface area contributed by atoms with Crippen LogP contribution in [-0.2, 0) is 0 Å². The van der Waals surface area contributed by atoms with Gasteiger partial charge in [-0.25, -0.2) is 13.8 Å². The maximum absolute atomic E-state index is 13.8. The number of ether oxygens (including phenoxy) is 1. The first-order valence-electron chi connectivity index (χ1n) is 7.09. The summed E-state index contributed by atoms with van der Waals surface area (Å²) in [6.07, 6.45) is 1.34. The summed E-state index contributed by atoms with van der Waals surface area (Å²) in [5.41, 5.74) is 7.71. The number of aryl methyl sites for hydroxylation is 1. The van der Waals surface area contributed by atoms with Crippen molar-refractivity contribution in [3.8, 4) is 22.6 Å². The van der Waals surface area contributed by atoms with Gasteiger partial charge < -0.3 is 10.5 Å². The average Bonchev–Trinajstić information content (AvgIpc) is 2.54. The first-order chi connectivity index (χ1) is 11.4. The average molecular weight is 330 g/mol. The number of hydrogen-bond donors (Lipinski definition) is 1. The minimum absolute atomic E-state index is 0.130. The van der Waals surface area contributed by atoms with Gasteiger partial charge in [0.2, 0.25) is 5.95 Å². The molecule has 3 nitrogen and oxygen atoms in total. The van der Waals surface area contributed by atoms with Gasteiger partial charge in [-0.15, -0.1) is 0 Å². The number of halogens is 3. The van der Waals surface area contributed by atoms with Crippen LogP contribution in [0.1, 0.15) is 5.56 Å². The lowest BCUT2D eigenvalue weighted by atomic mass is 10.0. The lowest BCUT2D eigenvalue weighted by Crippen LogP contribution is -1.95. The van der Waals surface area contributed by atoms with E-state index in [1.165, 1.54) is 12.3 Å². The molecule has 1 heterocycles. The van der Waals surface area contributed by atoms with Gasteiger partial charge in [-0.3, -0.25) is 0 Å². The number of anilines is 1. The Kier molecular flexibility index (Phi) is 4.12. The summed E-state index contributed by atoms with van der Waals surface area (Å²) in [6, 6.07) is 9.38. The molecule has 24 heavy (non-hydrogen) atoms. The van der Waals surface area contributed by atoms with Gasteiger partial charge in [0.05, 0.1) is 0 Å². The van der Waals surface area contributed by atoms with Gasteiger partial charge in [-0.1, -0.05) is 0 Å². The molecule has 0 saturated carbocycles. The van der Waals surface area contributed by atoms with Crippen molar-refractivity contribution in [3.63, 3.8) is 0 Å². The van der Waals surface area contributed by atoms with E-state index in [1.807, 2.05) is 0 Å². The number of nitrogens with two attached hydrogens (primary N) is 1. The molecular formula is C18H13F3N2O. The van der Waals surface area contributed by atoms with Gasteiger partial charge in [-0.2, -0.15) is 4.39 Å². The van der Waals surface area contributed by atoms with Crippen LogP contribution in [0.15, 0.2) is 48.7 Å². The highest BCUT2D eigenvalue weighted by Crippen LogP contribution is 2.36. The fourth-order valence-corrected chi connectivity index (χ4v) is 2.24. The van der Waals surface area contributed by atoms with E-state index in [1.54, 1.807) is 31.2 Å². The molecule has 0 unspecified atom stereocenters. The van der Waals surface area contributed by atoms with Crippen molar-refractivity contribution in [2.24, 2.45) is 0 Å². The maximum Gasteiger partial charge on any atom is 0.215 e. The molecule has 0 bridgehead atoms. The SMILES string of the molecule is Cc1cc(-c2cc(N)ccc2Oc2ccc(F)cc2F)cnc1F. The molecular weight excluding hydrogens is 317 g/mol. The van der Waals surface area contributed by atoms with Crippen molar-refractivity contribution in [1.82, 2.24) is 4.98 Å². The van der Waals surface area contributed by atoms with E-state index in [-0.39, 0.29) is 5.75 Å². The van der Waals surface area contributed by atoms with Crippen molar-refractivity contribution in [3.05, 3.63) is 71.8 Å². The Morgan fingerprint density at radius 1 is 0.958 bits per heavy atom. The molecule has 6 heteroatoms. The quantitative estimate of drug-likeness (QED) is 0.552. The zero-order chi connectivity index (χ0) is 17.3. The van der Waals surface area contributed by atoms with Crippen molar-refractivity contribution in [2.45, 2.75) is 6.92 Å². The summed E-state index contributed by atoms with van der Waals surface area (Å²) in [4.78, 5) is 3.68. The molecule has 0 atom stereocenters. The number of rotatable bonds is 3. The van der Waals surface area contributed by atoms with Crippen LogP contribution in [0.4, 0.5) is 18.9 Å². The zero-order valence-corrected chi connectivity index (χ0v) is 12.7. The molecule has 0 fully saturated rings. The number of nitrogens with zero attached hydrogens (tertiary/aromatic N) is 1. The molecule has 0 amide bonds. The van der Waals surface area contributed by atoms with Crippen LogP contribution in [0.5, 0.6) is 11.5 Å². The summed E-state index contributed by atoms with van der Waals surface area (Å²) >= 11 is 0. The molecule has 0 aliphatic carbocycles. The van der Waals surface area contributed by atoms with Gasteiger partial charge >= 0.3 is 0 Å². The second-order valence-electron chi connectivity index (χ2n) is 5.26. The Balaban J connectivity index is 2.06. The third kappa shape index (κ3) is 3.17. The van der Waals surface area contributed by atoms with E-state index < -0.39 is 17.6 Å². The predicted octanol–water partition coefficient (Wildman–Crippen LogP) is 4.85. The van der Waals surface area contributed by atoms with Gasteiger partial charge in [0.1, 0.15) is 11.6 Å². The maximum atomic E-state index is 13.8. The van der Waals surface area contributed by atoms with E-state index in [0.717, 1.165) is 12.1 Å². The van der Waals surface area contributed by atoms with E-state index in [2.05, 4.69) is 4.98 Å². The third-order valence-electron chi connectivity index (χ3n) is 3.44. The van der Waals surface area contributed by atoms with Crippen molar-refractivity contribution in [2.75, 3.05) is 5.73 Å². The summed E-state index contributed by atoms with van der Waals surface area (Å²) in [5.74, 6) is -1.94. The fraction of sp³-hybridized carbons (Fsp3) is 0.0556. The number of nitrogen functional groups attached to an aromatic ring is 1. The first kappa shape index (κ1) is 15.9. The minimum atomic E-state index is -0.828. The first-order valence-corrected chi connectivity index (χ1v) is 7.09. The third-order valence-corrected chi connectivity index (χ3v) is 3.44. The Morgan fingerprint density at radius 2 is 1.71 bits per heavy atom. The van der Waals surface area contributed by atoms with Gasteiger partial charge in [0.15, 0.2) is 11.6 Å². The Morgan fingerprint density at radius 3 is 2.42 bits per heavy atom. The van der Waals surface area contributed by atoms with Crippen LogP contribution >= 0.6 is 0 Å². The van der Waals surface area contributed by atoms with Gasteiger partial charge in [0, 0.05) is 34.6 Å². The standard InChI is InChI=1S/C18H13F3N2O/c1-10-6-11(9-23-18(10)21)14-8-13(22)3-5-16(14)24-17-4-2-12(19)7-15(17)20/h2-9H,22H2,1H3. The fourth-order valence-electron chi connectivity index (χ4n) is 2.24. The Hall–Kier alpha value is -3.02. The number of pyridine rings is 1. The second-order valence-corrected chi connectivity index (χ2v) is 5.26. The molecule has 2 N–H and O–H groups in total. The molecule has 122 valence electrons. The minimum Gasteiger partial charge on any atom is -0.454 e. The van der Waals surface area contributed by atoms with Crippen molar-refractivity contribution < 1.29 is 17.9 Å². The van der Waals surface area contributed by atoms with E-state index in [0.29, 0.717) is 28.1 Å². The van der Waals surface area contributed by atoms with Crippen molar-refractivity contribution in [1.29, 1.82) is 0 Å². The summed E-state index contributed by atoms with van der Waals surface area (Å²) in [7, 11) is 0. The van der Waals surface area contributed by atoms with Gasteiger partial charge in [0.25, 0.3) is 0 Å². The molecule has 3 aromatic rings. The van der Waals surface area contributed by atoms with E-state index >= 15 is 0 Å². The van der Waals surface area contributed by atoms with E-state index in [9.17, 15) is 13.2 Å². The van der Waals surface area contributed by atoms with Gasteiger partial charge in [-0.05, 0) is 43.3 Å². The molecule has 0 radical (unpaired) electrons. The monoisotopic (exact) mass is 330 g/mol. The van der Waals surface area contributed by atoms with Crippen LogP contribution < -0.4 is 10.5 Å². The highest BCUT2D eigenvalue weighted by Gasteiger charge is 2.13.